The van der Waals surface area contributed by atoms with Crippen LogP contribution in [0.4, 0.5) is 5.88 Å². The van der Waals surface area contributed by atoms with Crippen LogP contribution in [0.25, 0.3) is 32.7 Å². The molecule has 6 rings (SSSR count). The van der Waals surface area contributed by atoms with Crippen molar-refractivity contribution in [2.45, 2.75) is 26.2 Å². The lowest BCUT2D eigenvalue weighted by Crippen LogP contribution is -2.17. The predicted molar refractivity (Wildman–Crippen MR) is 123 cm³/mol. The topological polar surface area (TPSA) is 50.7 Å². The monoisotopic (exact) mass is 394 g/mol. The van der Waals surface area contributed by atoms with E-state index in [0.29, 0.717) is 6.67 Å². The van der Waals surface area contributed by atoms with Crippen LogP contribution in [0.15, 0.2) is 74.7 Å². The van der Waals surface area contributed by atoms with Crippen molar-refractivity contribution in [1.82, 2.24) is 0 Å². The van der Waals surface area contributed by atoms with E-state index in [1.807, 2.05) is 18.2 Å². The van der Waals surface area contributed by atoms with Crippen LogP contribution in [-0.4, -0.2) is 12.4 Å². The lowest BCUT2D eigenvalue weighted by Gasteiger charge is -2.24. The van der Waals surface area contributed by atoms with Crippen molar-refractivity contribution in [2.75, 3.05) is 12.0 Å². The number of rotatable bonds is 1. The van der Waals surface area contributed by atoms with E-state index in [1.165, 1.54) is 16.3 Å². The van der Waals surface area contributed by atoms with Crippen molar-refractivity contribution in [3.63, 3.8) is 0 Å². The van der Waals surface area contributed by atoms with Crippen LogP contribution in [0.3, 0.4) is 0 Å². The number of fused-ring (bicyclic) bond motifs is 6. The lowest BCUT2D eigenvalue weighted by atomic mass is 9.81. The summed E-state index contributed by atoms with van der Waals surface area (Å²) in [5, 5.41) is 7.92. The maximum Gasteiger partial charge on any atom is 0.205 e. The Morgan fingerprint density at radius 1 is 0.933 bits per heavy atom. The molecule has 5 aromatic rings. The fourth-order valence-electron chi connectivity index (χ4n) is 4.56. The minimum Gasteiger partial charge on any atom is -0.464 e. The summed E-state index contributed by atoms with van der Waals surface area (Å²) < 4.78 is 11.8. The van der Waals surface area contributed by atoms with Gasteiger partial charge in [-0.3, -0.25) is 4.99 Å². The van der Waals surface area contributed by atoms with E-state index in [0.717, 1.165) is 44.7 Å². The van der Waals surface area contributed by atoms with Crippen molar-refractivity contribution in [3.05, 3.63) is 77.6 Å². The Morgan fingerprint density at radius 2 is 1.77 bits per heavy atom. The van der Waals surface area contributed by atoms with Crippen molar-refractivity contribution in [3.8, 4) is 0 Å². The Balaban J connectivity index is 1.67. The van der Waals surface area contributed by atoms with Crippen LogP contribution in [0, 0.1) is 0 Å². The van der Waals surface area contributed by atoms with Gasteiger partial charge in [-0.2, -0.15) is 0 Å². The molecule has 0 amide bonds. The van der Waals surface area contributed by atoms with E-state index in [9.17, 15) is 0 Å². The fraction of sp³-hybridized carbons (Fsp3) is 0.192. The lowest BCUT2D eigenvalue weighted by molar-refractivity contribution is 0.596. The standard InChI is InChI=1S/C26H22N2O2/c1-26(2,3)19-13-16(12-15-6-4-5-7-17(15)19)24-23-22-18-10-11-29-20(18)8-9-21(22)30-25(23)28-14-27-24/h4-13,28H,14H2,1-3H3. The fourth-order valence-corrected chi connectivity index (χ4v) is 4.56. The first-order chi connectivity index (χ1) is 14.5. The first-order valence-electron chi connectivity index (χ1n) is 10.3. The summed E-state index contributed by atoms with van der Waals surface area (Å²) in [7, 11) is 0. The molecule has 4 heteroatoms. The molecule has 3 aromatic carbocycles. The largest absolute Gasteiger partial charge is 0.464 e. The summed E-state index contributed by atoms with van der Waals surface area (Å²) in [4.78, 5) is 4.90. The van der Waals surface area contributed by atoms with Crippen molar-refractivity contribution in [1.29, 1.82) is 0 Å². The molecule has 0 aliphatic carbocycles. The molecule has 0 atom stereocenters. The van der Waals surface area contributed by atoms with E-state index in [4.69, 9.17) is 13.8 Å². The molecular weight excluding hydrogens is 372 g/mol. The summed E-state index contributed by atoms with van der Waals surface area (Å²) in [5.74, 6) is 0.772. The number of hydrogen-bond donors (Lipinski definition) is 1. The molecule has 0 saturated heterocycles. The molecule has 0 bridgehead atoms. The predicted octanol–water partition coefficient (Wildman–Crippen LogP) is 6.85. The molecule has 0 fully saturated rings. The van der Waals surface area contributed by atoms with E-state index >= 15 is 0 Å². The second-order valence-electron chi connectivity index (χ2n) is 8.91. The van der Waals surface area contributed by atoms with Crippen LogP contribution in [0.1, 0.15) is 37.5 Å². The number of benzene rings is 3. The van der Waals surface area contributed by atoms with Gasteiger partial charge < -0.3 is 14.2 Å². The van der Waals surface area contributed by atoms with Crippen LogP contribution < -0.4 is 5.32 Å². The van der Waals surface area contributed by atoms with Crippen LogP contribution in [0.5, 0.6) is 0 Å². The Bertz CT molecular complexity index is 1480. The zero-order valence-corrected chi connectivity index (χ0v) is 17.2. The first-order valence-corrected chi connectivity index (χ1v) is 10.3. The zero-order chi connectivity index (χ0) is 20.5. The Hall–Kier alpha value is -3.53. The second-order valence-corrected chi connectivity index (χ2v) is 8.91. The molecule has 1 N–H and O–H groups in total. The van der Waals surface area contributed by atoms with E-state index in [2.05, 4.69) is 62.5 Å². The summed E-state index contributed by atoms with van der Waals surface area (Å²) in [6.07, 6.45) is 1.73. The quantitative estimate of drug-likeness (QED) is 0.338. The van der Waals surface area contributed by atoms with Gasteiger partial charge in [0.2, 0.25) is 5.88 Å². The van der Waals surface area contributed by atoms with Gasteiger partial charge in [-0.05, 0) is 52.1 Å². The number of aliphatic imine (C=N–C) groups is 1. The van der Waals surface area contributed by atoms with Gasteiger partial charge in [0.15, 0.2) is 0 Å². The van der Waals surface area contributed by atoms with Crippen LogP contribution >= 0.6 is 0 Å². The maximum absolute atomic E-state index is 6.17. The van der Waals surface area contributed by atoms with Gasteiger partial charge in [0, 0.05) is 16.3 Å². The first kappa shape index (κ1) is 17.3. The molecule has 1 aliphatic heterocycles. The summed E-state index contributed by atoms with van der Waals surface area (Å²) in [6, 6.07) is 19.1. The third kappa shape index (κ3) is 2.43. The van der Waals surface area contributed by atoms with E-state index in [1.54, 1.807) is 6.26 Å². The number of hydrogen-bond acceptors (Lipinski definition) is 4. The van der Waals surface area contributed by atoms with Gasteiger partial charge >= 0.3 is 0 Å². The van der Waals surface area contributed by atoms with Gasteiger partial charge in [0.1, 0.15) is 17.8 Å². The minimum absolute atomic E-state index is 0.0161. The van der Waals surface area contributed by atoms with Crippen molar-refractivity contribution >= 4 is 44.3 Å². The second kappa shape index (κ2) is 5.99. The summed E-state index contributed by atoms with van der Waals surface area (Å²) in [6.45, 7) is 7.28. The number of furan rings is 2. The van der Waals surface area contributed by atoms with Gasteiger partial charge in [-0.1, -0.05) is 45.0 Å². The Morgan fingerprint density at radius 3 is 2.63 bits per heavy atom. The van der Waals surface area contributed by atoms with Crippen LogP contribution in [-0.2, 0) is 5.41 Å². The SMILES string of the molecule is CC(C)(C)c1cc(C2=NCNc3oc4ccc5occc5c4c32)cc2ccccc12. The molecule has 0 radical (unpaired) electrons. The highest BCUT2D eigenvalue weighted by Crippen LogP contribution is 2.40. The van der Waals surface area contributed by atoms with E-state index in [-0.39, 0.29) is 5.41 Å². The van der Waals surface area contributed by atoms with Crippen LogP contribution in [0.2, 0.25) is 0 Å². The van der Waals surface area contributed by atoms with E-state index < -0.39 is 0 Å². The molecule has 4 nitrogen and oxygen atoms in total. The molecule has 30 heavy (non-hydrogen) atoms. The molecular formula is C26H22N2O2. The van der Waals surface area contributed by atoms with Gasteiger partial charge in [-0.15, -0.1) is 0 Å². The molecule has 1 aliphatic rings. The highest BCUT2D eigenvalue weighted by Gasteiger charge is 2.27. The average molecular weight is 394 g/mol. The smallest absolute Gasteiger partial charge is 0.205 e. The molecule has 0 spiro atoms. The molecule has 0 saturated carbocycles. The van der Waals surface area contributed by atoms with Crippen molar-refractivity contribution in [2.24, 2.45) is 4.99 Å². The molecule has 2 aromatic heterocycles. The molecule has 148 valence electrons. The third-order valence-electron chi connectivity index (χ3n) is 5.94. The zero-order valence-electron chi connectivity index (χ0n) is 17.2. The maximum atomic E-state index is 6.17. The normalized spacial score (nSPS) is 14.2. The highest BCUT2D eigenvalue weighted by atomic mass is 16.4. The number of anilines is 1. The number of nitrogens with one attached hydrogen (secondary N) is 1. The summed E-state index contributed by atoms with van der Waals surface area (Å²) in [5.41, 5.74) is 6.12. The Labute approximate surface area is 174 Å². The Kier molecular flexibility index (Phi) is 3.46. The molecule has 3 heterocycles. The highest BCUT2D eigenvalue weighted by molar-refractivity contribution is 6.27. The van der Waals surface area contributed by atoms with Crippen molar-refractivity contribution < 1.29 is 8.83 Å². The van der Waals surface area contributed by atoms with Gasteiger partial charge in [0.25, 0.3) is 0 Å². The average Bonchev–Trinajstić information content (AvgIpc) is 3.35. The summed E-state index contributed by atoms with van der Waals surface area (Å²) >= 11 is 0. The van der Waals surface area contributed by atoms with Gasteiger partial charge in [-0.25, -0.2) is 0 Å². The van der Waals surface area contributed by atoms with Gasteiger partial charge in [0.05, 0.1) is 17.5 Å². The number of nitrogens with zero attached hydrogens (tertiary/aromatic N) is 1. The third-order valence-corrected chi connectivity index (χ3v) is 5.94. The molecule has 0 unspecified atom stereocenters. The minimum atomic E-state index is 0.0161.